The number of carbonyl (C=O) groups excluding carboxylic acids is 1. The van der Waals surface area contributed by atoms with Crippen LogP contribution in [0.4, 0.5) is 5.69 Å². The van der Waals surface area contributed by atoms with Crippen LogP contribution in [0.2, 0.25) is 10.0 Å². The van der Waals surface area contributed by atoms with Gasteiger partial charge in [0.15, 0.2) is 0 Å². The van der Waals surface area contributed by atoms with Gasteiger partial charge >= 0.3 is 0 Å². The van der Waals surface area contributed by atoms with Crippen molar-refractivity contribution in [1.29, 1.82) is 0 Å². The topological polar surface area (TPSA) is 53.2 Å². The Morgan fingerprint density at radius 2 is 1.60 bits per heavy atom. The molecule has 4 rings (SSSR count). The van der Waals surface area contributed by atoms with Crippen LogP contribution in [0.15, 0.2) is 90.1 Å². The molecule has 0 aliphatic heterocycles. The minimum Gasteiger partial charge on any atom is -0.325 e. The third kappa shape index (κ3) is 4.70. The molecule has 1 aromatic heterocycles. The molecule has 0 spiro atoms. The number of aromatic nitrogens is 1. The lowest BCUT2D eigenvalue weighted by Crippen LogP contribution is -2.32. The molecule has 2 N–H and O–H groups in total. The van der Waals surface area contributed by atoms with E-state index in [-0.39, 0.29) is 5.91 Å². The summed E-state index contributed by atoms with van der Waals surface area (Å²) in [5.74, 6) is -0.252. The van der Waals surface area contributed by atoms with Crippen LogP contribution in [-0.4, -0.2) is 11.1 Å². The summed E-state index contributed by atoms with van der Waals surface area (Å²) < 4.78 is 1.00. The molecule has 4 nitrogen and oxygen atoms in total. The molecule has 7 heteroatoms. The van der Waals surface area contributed by atoms with Gasteiger partial charge in [-0.25, -0.2) is 0 Å². The van der Waals surface area contributed by atoms with E-state index >= 15 is 0 Å². The van der Waals surface area contributed by atoms with Crippen molar-refractivity contribution in [2.45, 2.75) is 10.3 Å². The average Bonchev–Trinajstić information content (AvgIpc) is 2.72. The molecular weight excluding hydrogens is 439 g/mol. The summed E-state index contributed by atoms with van der Waals surface area (Å²) in [5, 5.41) is 15.9. The molecule has 4 aromatic rings. The molecule has 3 aromatic carbocycles. The molecule has 30 heavy (non-hydrogen) atoms. The zero-order chi connectivity index (χ0) is 21.1. The van der Waals surface area contributed by atoms with E-state index in [1.165, 1.54) is 18.0 Å². The second-order valence-electron chi connectivity index (χ2n) is 6.64. The number of fused-ring (bicyclic) bond motifs is 1. The van der Waals surface area contributed by atoms with Crippen molar-refractivity contribution in [2.24, 2.45) is 0 Å². The maximum Gasteiger partial charge on any atom is 0.292 e. The summed E-state index contributed by atoms with van der Waals surface area (Å²) in [6.07, 6.45) is 1.52. The summed E-state index contributed by atoms with van der Waals surface area (Å²) in [5.41, 5.74) is 1.32. The van der Waals surface area contributed by atoms with Gasteiger partial charge in [0.25, 0.3) is 5.03 Å². The number of hydrogen-bond donors (Lipinski definition) is 2. The summed E-state index contributed by atoms with van der Waals surface area (Å²) in [7, 11) is 0. The van der Waals surface area contributed by atoms with Gasteiger partial charge in [-0.1, -0.05) is 59.6 Å². The van der Waals surface area contributed by atoms with E-state index in [9.17, 15) is 10.0 Å². The average molecular weight is 456 g/mol. The Kier molecular flexibility index (Phi) is 6.13. The van der Waals surface area contributed by atoms with E-state index < -0.39 is 5.25 Å². The highest BCUT2D eigenvalue weighted by molar-refractivity contribution is 8.00. The van der Waals surface area contributed by atoms with Gasteiger partial charge in [-0.05, 0) is 58.4 Å². The Hall–Kier alpha value is -2.73. The van der Waals surface area contributed by atoms with E-state index in [1.807, 2.05) is 42.5 Å². The Morgan fingerprint density at radius 1 is 0.900 bits per heavy atom. The van der Waals surface area contributed by atoms with Crippen molar-refractivity contribution in [3.05, 3.63) is 101 Å². The molecule has 1 amide bonds. The van der Waals surface area contributed by atoms with Gasteiger partial charge in [-0.2, -0.15) is 0 Å². The van der Waals surface area contributed by atoms with Crippen molar-refractivity contribution in [3.8, 4) is 0 Å². The van der Waals surface area contributed by atoms with Crippen LogP contribution in [-0.2, 0) is 4.79 Å². The minimum atomic E-state index is -0.617. The smallest absolute Gasteiger partial charge is 0.292 e. The van der Waals surface area contributed by atoms with Crippen molar-refractivity contribution < 1.29 is 14.7 Å². The molecule has 1 atom stereocenters. The SMILES string of the molecule is O=C(Nc1cc(Cl)cc(Cl)c1)C(Sc1cccc[n+]1O)c1ccc2ccccc2c1. The van der Waals surface area contributed by atoms with Crippen LogP contribution >= 0.6 is 35.0 Å². The predicted octanol–water partition coefficient (Wildman–Crippen LogP) is 6.14. The molecule has 0 saturated carbocycles. The highest BCUT2D eigenvalue weighted by Crippen LogP contribution is 2.36. The molecule has 1 heterocycles. The van der Waals surface area contributed by atoms with Gasteiger partial charge in [0, 0.05) is 32.6 Å². The van der Waals surface area contributed by atoms with E-state index in [0.29, 0.717) is 20.8 Å². The number of pyridine rings is 1. The molecular formula is C23H17Cl2N2O2S+. The summed E-state index contributed by atoms with van der Waals surface area (Å²) in [4.78, 5) is 13.3. The Bertz CT molecular complexity index is 1210. The minimum absolute atomic E-state index is 0.252. The van der Waals surface area contributed by atoms with Crippen LogP contribution in [0.3, 0.4) is 0 Å². The second kappa shape index (κ2) is 8.96. The van der Waals surface area contributed by atoms with E-state index in [0.717, 1.165) is 21.1 Å². The number of rotatable bonds is 5. The number of carbonyl (C=O) groups is 1. The first-order valence-electron chi connectivity index (χ1n) is 9.12. The molecule has 0 aliphatic carbocycles. The maximum atomic E-state index is 13.3. The predicted molar refractivity (Wildman–Crippen MR) is 121 cm³/mol. The van der Waals surface area contributed by atoms with Gasteiger partial charge in [0.2, 0.25) is 12.1 Å². The van der Waals surface area contributed by atoms with E-state index in [1.54, 1.807) is 36.4 Å². The lowest BCUT2D eigenvalue weighted by atomic mass is 10.0. The fourth-order valence-electron chi connectivity index (χ4n) is 3.11. The van der Waals surface area contributed by atoms with Crippen molar-refractivity contribution >= 4 is 57.3 Å². The maximum absolute atomic E-state index is 13.3. The fraction of sp³-hybridized carbons (Fsp3) is 0.0435. The van der Waals surface area contributed by atoms with Crippen molar-refractivity contribution in [1.82, 2.24) is 0 Å². The number of amides is 1. The molecule has 1 unspecified atom stereocenters. The lowest BCUT2D eigenvalue weighted by molar-refractivity contribution is -0.932. The number of thioether (sulfide) groups is 1. The largest absolute Gasteiger partial charge is 0.325 e. The van der Waals surface area contributed by atoms with Crippen LogP contribution in [0.5, 0.6) is 0 Å². The van der Waals surface area contributed by atoms with Crippen LogP contribution in [0.1, 0.15) is 10.8 Å². The zero-order valence-electron chi connectivity index (χ0n) is 15.6. The third-order valence-electron chi connectivity index (χ3n) is 4.49. The summed E-state index contributed by atoms with van der Waals surface area (Å²) >= 11 is 13.4. The summed E-state index contributed by atoms with van der Waals surface area (Å²) in [6.45, 7) is 0. The lowest BCUT2D eigenvalue weighted by Gasteiger charge is -2.16. The zero-order valence-corrected chi connectivity index (χ0v) is 18.0. The first kappa shape index (κ1) is 20.5. The second-order valence-corrected chi connectivity index (χ2v) is 8.63. The van der Waals surface area contributed by atoms with Gasteiger partial charge in [-0.3, -0.25) is 10.0 Å². The monoisotopic (exact) mass is 455 g/mol. The molecule has 150 valence electrons. The number of hydrogen-bond acceptors (Lipinski definition) is 3. The number of nitrogens with one attached hydrogen (secondary N) is 1. The standard InChI is InChI=1S/C23H16Cl2N2O2S/c24-18-12-19(25)14-20(13-18)26-23(28)22(30-21-7-3-4-10-27(21)29)17-9-8-15-5-1-2-6-16(15)11-17/h1-14,22H,(H-,26,28,29)/p+1. The number of nitrogens with zero attached hydrogens (tertiary/aromatic N) is 1. The first-order chi connectivity index (χ1) is 14.5. The van der Waals surface area contributed by atoms with Crippen molar-refractivity contribution in [2.75, 3.05) is 5.32 Å². The Morgan fingerprint density at radius 3 is 2.33 bits per heavy atom. The van der Waals surface area contributed by atoms with E-state index in [4.69, 9.17) is 23.2 Å². The molecule has 0 aliphatic rings. The van der Waals surface area contributed by atoms with Gasteiger partial charge in [-0.15, -0.1) is 0 Å². The normalized spacial score (nSPS) is 11.9. The molecule has 0 bridgehead atoms. The molecule has 0 fully saturated rings. The highest BCUT2D eigenvalue weighted by atomic mass is 35.5. The highest BCUT2D eigenvalue weighted by Gasteiger charge is 2.27. The van der Waals surface area contributed by atoms with Gasteiger partial charge < -0.3 is 5.32 Å². The summed E-state index contributed by atoms with van der Waals surface area (Å²) in [6, 6.07) is 24.0. The quantitative estimate of drug-likeness (QED) is 0.215. The van der Waals surface area contributed by atoms with Gasteiger partial charge in [0.1, 0.15) is 5.25 Å². The van der Waals surface area contributed by atoms with Gasteiger partial charge in [0.05, 0.1) is 0 Å². The Labute approximate surface area is 188 Å². The van der Waals surface area contributed by atoms with Crippen LogP contribution in [0.25, 0.3) is 10.8 Å². The third-order valence-corrected chi connectivity index (χ3v) is 6.21. The number of anilines is 1. The van der Waals surface area contributed by atoms with Crippen molar-refractivity contribution in [3.63, 3.8) is 0 Å². The number of halogens is 2. The fourth-order valence-corrected chi connectivity index (χ4v) is 4.65. The number of benzene rings is 3. The van der Waals surface area contributed by atoms with E-state index in [2.05, 4.69) is 5.32 Å². The van der Waals surface area contributed by atoms with Crippen LogP contribution in [0, 0.1) is 0 Å². The van der Waals surface area contributed by atoms with Crippen LogP contribution < -0.4 is 10.0 Å². The first-order valence-corrected chi connectivity index (χ1v) is 10.8. The molecule has 0 radical (unpaired) electrons. The molecule has 0 saturated heterocycles. The Balaban J connectivity index is 1.71.